The summed E-state index contributed by atoms with van der Waals surface area (Å²) in [4.78, 5) is 14.9. The lowest BCUT2D eigenvalue weighted by atomic mass is 10.0. The van der Waals surface area contributed by atoms with Crippen molar-refractivity contribution in [3.63, 3.8) is 0 Å². The summed E-state index contributed by atoms with van der Waals surface area (Å²) in [6.45, 7) is 5.80. The minimum absolute atomic E-state index is 0. The zero-order chi connectivity index (χ0) is 17.6. The Morgan fingerprint density at radius 2 is 1.85 bits per heavy atom. The number of nitrogens with two attached hydrogens (primary N) is 1. The molecule has 0 aromatic heterocycles. The Balaban J connectivity index is 0.00000182. The van der Waals surface area contributed by atoms with Gasteiger partial charge in [0.2, 0.25) is 0 Å². The maximum absolute atomic E-state index is 12.5. The second kappa shape index (κ2) is 11.1. The normalized spacial score (nSPS) is 15.1. The number of nitrogen functional groups attached to an aromatic ring is 1. The molecule has 1 aliphatic rings. The van der Waals surface area contributed by atoms with E-state index < -0.39 is 0 Å². The van der Waals surface area contributed by atoms with Gasteiger partial charge in [0, 0.05) is 25.3 Å². The number of carbonyl (C=O) groups excluding carboxylic acids is 1. The predicted molar refractivity (Wildman–Crippen MR) is 114 cm³/mol. The quantitative estimate of drug-likeness (QED) is 0.741. The third kappa shape index (κ3) is 6.11. The van der Waals surface area contributed by atoms with Crippen molar-refractivity contribution in [1.82, 2.24) is 10.2 Å². The van der Waals surface area contributed by atoms with E-state index in [0.29, 0.717) is 17.8 Å². The molecular weight excluding hydrogens is 385 g/mol. The fourth-order valence-electron chi connectivity index (χ4n) is 3.21. The molecule has 148 valence electrons. The van der Waals surface area contributed by atoms with Crippen LogP contribution in [0.1, 0.15) is 27.5 Å². The average Bonchev–Trinajstić information content (AvgIpc) is 2.63. The minimum atomic E-state index is -0.135. The summed E-state index contributed by atoms with van der Waals surface area (Å²) < 4.78 is 5.47. The van der Waals surface area contributed by atoms with E-state index in [-0.39, 0.29) is 36.8 Å². The Hall–Kier alpha value is -1.79. The summed E-state index contributed by atoms with van der Waals surface area (Å²) in [5, 5.41) is 3.05. The first-order chi connectivity index (χ1) is 12.1. The first-order valence-corrected chi connectivity index (χ1v) is 8.66. The van der Waals surface area contributed by atoms with Crippen molar-refractivity contribution in [1.29, 1.82) is 0 Å². The van der Waals surface area contributed by atoms with E-state index in [1.54, 1.807) is 12.1 Å². The molecule has 0 radical (unpaired) electrons. The van der Waals surface area contributed by atoms with E-state index >= 15 is 0 Å². The van der Waals surface area contributed by atoms with Crippen LogP contribution in [0.4, 0.5) is 5.69 Å². The van der Waals surface area contributed by atoms with Crippen LogP contribution in [0, 0.1) is 6.92 Å². The molecule has 1 atom stereocenters. The Labute approximate surface area is 173 Å². The lowest BCUT2D eigenvalue weighted by Crippen LogP contribution is -2.43. The highest BCUT2D eigenvalue weighted by Gasteiger charge is 2.23. The van der Waals surface area contributed by atoms with E-state index in [2.05, 4.69) is 41.4 Å². The smallest absolute Gasteiger partial charge is 0.253 e. The maximum Gasteiger partial charge on any atom is 0.253 e. The van der Waals surface area contributed by atoms with Gasteiger partial charge < -0.3 is 15.8 Å². The van der Waals surface area contributed by atoms with E-state index in [9.17, 15) is 4.79 Å². The number of hydrogen-bond acceptors (Lipinski definition) is 4. The molecule has 5 nitrogen and oxygen atoms in total. The maximum atomic E-state index is 12.5. The summed E-state index contributed by atoms with van der Waals surface area (Å²) >= 11 is 0. The van der Waals surface area contributed by atoms with Crippen molar-refractivity contribution in [2.45, 2.75) is 13.0 Å². The number of para-hydroxylation sites is 1. The van der Waals surface area contributed by atoms with Gasteiger partial charge >= 0.3 is 0 Å². The summed E-state index contributed by atoms with van der Waals surface area (Å²) in [6, 6.07) is 15.7. The van der Waals surface area contributed by atoms with Crippen LogP contribution in [0.25, 0.3) is 0 Å². The summed E-state index contributed by atoms with van der Waals surface area (Å²) in [6.07, 6.45) is 0. The van der Waals surface area contributed by atoms with Crippen LogP contribution in [0.5, 0.6) is 0 Å². The Morgan fingerprint density at radius 3 is 2.52 bits per heavy atom. The lowest BCUT2D eigenvalue weighted by molar-refractivity contribution is 0.0162. The molecule has 0 saturated carbocycles. The van der Waals surface area contributed by atoms with Crippen LogP contribution >= 0.6 is 24.8 Å². The topological polar surface area (TPSA) is 67.6 Å². The van der Waals surface area contributed by atoms with Crippen LogP contribution < -0.4 is 11.1 Å². The first kappa shape index (κ1) is 23.2. The van der Waals surface area contributed by atoms with E-state index in [0.717, 1.165) is 26.3 Å². The van der Waals surface area contributed by atoms with Crippen LogP contribution in [-0.4, -0.2) is 43.7 Å². The number of halogens is 2. The molecule has 3 rings (SSSR count). The largest absolute Gasteiger partial charge is 0.398 e. The molecule has 0 bridgehead atoms. The number of rotatable bonds is 5. The number of aryl methyl sites for hydroxylation is 1. The highest BCUT2D eigenvalue weighted by Crippen LogP contribution is 2.22. The molecule has 1 fully saturated rings. The third-order valence-corrected chi connectivity index (χ3v) is 4.57. The molecular formula is C20H27Cl2N3O2. The Morgan fingerprint density at radius 1 is 1.15 bits per heavy atom. The van der Waals surface area contributed by atoms with Gasteiger partial charge in [-0.3, -0.25) is 9.69 Å². The zero-order valence-electron chi connectivity index (χ0n) is 15.4. The van der Waals surface area contributed by atoms with Gasteiger partial charge in [0.1, 0.15) is 0 Å². The van der Waals surface area contributed by atoms with Gasteiger partial charge in [-0.1, -0.05) is 42.0 Å². The van der Waals surface area contributed by atoms with E-state index in [1.165, 1.54) is 11.1 Å². The molecule has 1 amide bonds. The lowest BCUT2D eigenvalue weighted by Gasteiger charge is -2.35. The summed E-state index contributed by atoms with van der Waals surface area (Å²) in [5.74, 6) is -0.135. The highest BCUT2D eigenvalue weighted by atomic mass is 35.5. The number of morpholine rings is 1. The van der Waals surface area contributed by atoms with Crippen LogP contribution in [0.15, 0.2) is 48.5 Å². The fourth-order valence-corrected chi connectivity index (χ4v) is 3.21. The van der Waals surface area contributed by atoms with Crippen molar-refractivity contribution < 1.29 is 9.53 Å². The van der Waals surface area contributed by atoms with Gasteiger partial charge in [-0.2, -0.15) is 0 Å². The number of ether oxygens (including phenoxy) is 1. The Bertz CT molecular complexity index is 737. The number of nitrogens with zero attached hydrogens (tertiary/aromatic N) is 1. The van der Waals surface area contributed by atoms with E-state index in [1.807, 2.05) is 12.1 Å². The molecule has 2 aromatic rings. The van der Waals surface area contributed by atoms with Crippen LogP contribution in [-0.2, 0) is 4.74 Å². The Kier molecular flexibility index (Phi) is 9.60. The standard InChI is InChI=1S/C20H25N3O2.2ClH/c1-15-5-4-6-16(13-15)19(23-9-11-25-12-10-23)14-22-20(24)17-7-2-3-8-18(17)21;;/h2-8,13,19H,9-12,14,21H2,1H3,(H,22,24);2*1H. The second-order valence-corrected chi connectivity index (χ2v) is 6.38. The second-order valence-electron chi connectivity index (χ2n) is 6.38. The molecule has 1 heterocycles. The van der Waals surface area contributed by atoms with Gasteiger partial charge in [0.25, 0.3) is 5.91 Å². The first-order valence-electron chi connectivity index (χ1n) is 8.66. The molecule has 1 saturated heterocycles. The molecule has 1 unspecified atom stereocenters. The van der Waals surface area contributed by atoms with Crippen molar-refractivity contribution in [3.05, 3.63) is 65.2 Å². The molecule has 0 aliphatic carbocycles. The number of nitrogens with one attached hydrogen (secondary N) is 1. The molecule has 27 heavy (non-hydrogen) atoms. The van der Waals surface area contributed by atoms with Crippen LogP contribution in [0.3, 0.4) is 0 Å². The number of anilines is 1. The molecule has 0 spiro atoms. The predicted octanol–water partition coefficient (Wildman–Crippen LogP) is 3.22. The van der Waals surface area contributed by atoms with Crippen molar-refractivity contribution in [3.8, 4) is 0 Å². The van der Waals surface area contributed by atoms with E-state index in [4.69, 9.17) is 10.5 Å². The van der Waals surface area contributed by atoms with Gasteiger partial charge in [0.05, 0.1) is 24.8 Å². The van der Waals surface area contributed by atoms with Crippen molar-refractivity contribution >= 4 is 36.4 Å². The average molecular weight is 412 g/mol. The molecule has 3 N–H and O–H groups in total. The van der Waals surface area contributed by atoms with Crippen molar-refractivity contribution in [2.75, 3.05) is 38.6 Å². The minimum Gasteiger partial charge on any atom is -0.398 e. The number of carbonyl (C=O) groups is 1. The SMILES string of the molecule is Cc1cccc(C(CNC(=O)c2ccccc2N)N2CCOCC2)c1.Cl.Cl. The molecule has 7 heteroatoms. The van der Waals surface area contributed by atoms with Gasteiger partial charge in [-0.05, 0) is 24.6 Å². The van der Waals surface area contributed by atoms with Crippen LogP contribution in [0.2, 0.25) is 0 Å². The third-order valence-electron chi connectivity index (χ3n) is 4.57. The van der Waals surface area contributed by atoms with Gasteiger partial charge in [-0.15, -0.1) is 24.8 Å². The molecule has 2 aromatic carbocycles. The highest BCUT2D eigenvalue weighted by molar-refractivity contribution is 5.99. The zero-order valence-corrected chi connectivity index (χ0v) is 17.0. The van der Waals surface area contributed by atoms with Gasteiger partial charge in [0.15, 0.2) is 0 Å². The van der Waals surface area contributed by atoms with Gasteiger partial charge in [-0.25, -0.2) is 0 Å². The molecule has 1 aliphatic heterocycles. The monoisotopic (exact) mass is 411 g/mol. The fraction of sp³-hybridized carbons (Fsp3) is 0.350. The number of amides is 1. The number of hydrogen-bond donors (Lipinski definition) is 2. The number of benzene rings is 2. The summed E-state index contributed by atoms with van der Waals surface area (Å²) in [7, 11) is 0. The van der Waals surface area contributed by atoms with Crippen molar-refractivity contribution in [2.24, 2.45) is 0 Å². The summed E-state index contributed by atoms with van der Waals surface area (Å²) in [5.41, 5.74) is 9.36.